The van der Waals surface area contributed by atoms with Crippen LogP contribution in [0.2, 0.25) is 0 Å². The third kappa shape index (κ3) is 4.86. The SMILES string of the molecule is COc1ccc([N+](=O)[O-])cc1NS(=O)(=O)c1cccc(C(=O)Nc2cccc(C)c2C)c1. The zero-order valence-corrected chi connectivity index (χ0v) is 18.4. The molecule has 0 aliphatic rings. The molecule has 0 aromatic heterocycles. The molecule has 3 aromatic rings. The highest BCUT2D eigenvalue weighted by Gasteiger charge is 2.21. The van der Waals surface area contributed by atoms with E-state index in [1.165, 1.54) is 43.5 Å². The molecule has 1 amide bonds. The number of aryl methyl sites for hydroxylation is 1. The summed E-state index contributed by atoms with van der Waals surface area (Å²) < 4.78 is 33.2. The fourth-order valence-corrected chi connectivity index (χ4v) is 4.09. The number of anilines is 2. The predicted octanol–water partition coefficient (Wildman–Crippen LogP) is 4.27. The van der Waals surface area contributed by atoms with Crippen molar-refractivity contribution >= 4 is 33.0 Å². The Hall–Kier alpha value is -3.92. The molecule has 166 valence electrons. The molecule has 0 bridgehead atoms. The number of amides is 1. The monoisotopic (exact) mass is 455 g/mol. The Labute approximate surface area is 185 Å². The standard InChI is InChI=1S/C22H21N3O6S/c1-14-6-4-9-19(15(14)2)23-22(26)16-7-5-8-18(12-16)32(29,30)24-20-13-17(25(27)28)10-11-21(20)31-3/h4-13,24H,1-3H3,(H,23,26). The van der Waals surface area contributed by atoms with Gasteiger partial charge in [0, 0.05) is 23.4 Å². The number of hydrogen-bond acceptors (Lipinski definition) is 6. The first kappa shape index (κ1) is 22.8. The van der Waals surface area contributed by atoms with Crippen molar-refractivity contribution in [3.8, 4) is 5.75 Å². The Kier molecular flexibility index (Phi) is 6.45. The van der Waals surface area contributed by atoms with Gasteiger partial charge in [0.2, 0.25) is 0 Å². The van der Waals surface area contributed by atoms with Gasteiger partial charge in [0.25, 0.3) is 21.6 Å². The Bertz CT molecular complexity index is 1300. The lowest BCUT2D eigenvalue weighted by Gasteiger charge is -2.13. The van der Waals surface area contributed by atoms with Gasteiger partial charge in [0.05, 0.1) is 22.6 Å². The van der Waals surface area contributed by atoms with Crippen LogP contribution in [0, 0.1) is 24.0 Å². The number of nitrogens with zero attached hydrogens (tertiary/aromatic N) is 1. The summed E-state index contributed by atoms with van der Waals surface area (Å²) in [5, 5.41) is 13.8. The van der Waals surface area contributed by atoms with Gasteiger partial charge in [0.15, 0.2) is 0 Å². The van der Waals surface area contributed by atoms with E-state index in [1.807, 2.05) is 26.0 Å². The van der Waals surface area contributed by atoms with Crippen molar-refractivity contribution in [2.45, 2.75) is 18.7 Å². The van der Waals surface area contributed by atoms with Crippen LogP contribution in [0.15, 0.2) is 65.6 Å². The minimum absolute atomic E-state index is 0.0908. The largest absolute Gasteiger partial charge is 0.495 e. The molecule has 3 aromatic carbocycles. The Morgan fingerprint density at radius 2 is 1.72 bits per heavy atom. The topological polar surface area (TPSA) is 128 Å². The van der Waals surface area contributed by atoms with Gasteiger partial charge in [-0.3, -0.25) is 19.6 Å². The molecule has 0 fully saturated rings. The molecule has 0 unspecified atom stereocenters. The minimum Gasteiger partial charge on any atom is -0.495 e. The molecule has 0 heterocycles. The normalized spacial score (nSPS) is 11.0. The first-order valence-electron chi connectivity index (χ1n) is 9.45. The summed E-state index contributed by atoms with van der Waals surface area (Å²) in [5.74, 6) is -0.355. The van der Waals surface area contributed by atoms with Gasteiger partial charge < -0.3 is 10.1 Å². The predicted molar refractivity (Wildman–Crippen MR) is 121 cm³/mol. The van der Waals surface area contributed by atoms with Gasteiger partial charge in [-0.05, 0) is 55.3 Å². The van der Waals surface area contributed by atoms with Crippen LogP contribution in [0.4, 0.5) is 17.1 Å². The molecule has 9 nitrogen and oxygen atoms in total. The zero-order chi connectivity index (χ0) is 23.5. The Morgan fingerprint density at radius 1 is 1.00 bits per heavy atom. The number of nitro benzene ring substituents is 1. The number of benzene rings is 3. The number of carbonyl (C=O) groups excluding carboxylic acids is 1. The van der Waals surface area contributed by atoms with E-state index in [4.69, 9.17) is 4.74 Å². The highest BCUT2D eigenvalue weighted by atomic mass is 32.2. The zero-order valence-electron chi connectivity index (χ0n) is 17.6. The van der Waals surface area contributed by atoms with Gasteiger partial charge in [-0.25, -0.2) is 8.42 Å². The van der Waals surface area contributed by atoms with Crippen LogP contribution in [0.25, 0.3) is 0 Å². The van der Waals surface area contributed by atoms with Crippen LogP contribution in [0.5, 0.6) is 5.75 Å². The molecule has 0 saturated carbocycles. The summed E-state index contributed by atoms with van der Waals surface area (Å²) in [5.41, 5.74) is 2.29. The number of nitro groups is 1. The summed E-state index contributed by atoms with van der Waals surface area (Å²) in [4.78, 5) is 22.9. The van der Waals surface area contributed by atoms with Crippen molar-refractivity contribution < 1.29 is 22.9 Å². The average molecular weight is 455 g/mol. The van der Waals surface area contributed by atoms with Gasteiger partial charge in [-0.1, -0.05) is 18.2 Å². The van der Waals surface area contributed by atoms with E-state index in [9.17, 15) is 23.3 Å². The van der Waals surface area contributed by atoms with Crippen LogP contribution < -0.4 is 14.8 Å². The summed E-state index contributed by atoms with van der Waals surface area (Å²) in [7, 11) is -2.85. The van der Waals surface area contributed by atoms with E-state index >= 15 is 0 Å². The lowest BCUT2D eigenvalue weighted by atomic mass is 10.1. The van der Waals surface area contributed by atoms with E-state index < -0.39 is 20.9 Å². The number of hydrogen-bond donors (Lipinski definition) is 2. The number of rotatable bonds is 7. The van der Waals surface area contributed by atoms with Crippen molar-refractivity contribution in [2.24, 2.45) is 0 Å². The molecule has 0 aliphatic heterocycles. The number of methoxy groups -OCH3 is 1. The van der Waals surface area contributed by atoms with Crippen molar-refractivity contribution in [2.75, 3.05) is 17.1 Å². The number of carbonyl (C=O) groups is 1. The van der Waals surface area contributed by atoms with Crippen molar-refractivity contribution in [1.29, 1.82) is 0 Å². The molecule has 3 rings (SSSR count). The maximum absolute atomic E-state index is 12.9. The molecular formula is C22H21N3O6S. The lowest BCUT2D eigenvalue weighted by molar-refractivity contribution is -0.384. The van der Waals surface area contributed by atoms with E-state index in [1.54, 1.807) is 6.07 Å². The highest BCUT2D eigenvalue weighted by molar-refractivity contribution is 7.92. The van der Waals surface area contributed by atoms with Gasteiger partial charge in [-0.15, -0.1) is 0 Å². The average Bonchev–Trinajstić information content (AvgIpc) is 2.76. The second-order valence-electron chi connectivity index (χ2n) is 6.98. The Balaban J connectivity index is 1.90. The summed E-state index contributed by atoms with van der Waals surface area (Å²) >= 11 is 0. The Morgan fingerprint density at radius 3 is 2.41 bits per heavy atom. The molecule has 0 radical (unpaired) electrons. The first-order valence-corrected chi connectivity index (χ1v) is 10.9. The summed E-state index contributed by atoms with van der Waals surface area (Å²) in [6.45, 7) is 3.80. The fourth-order valence-electron chi connectivity index (χ4n) is 2.98. The molecule has 0 saturated heterocycles. The maximum atomic E-state index is 12.9. The quantitative estimate of drug-likeness (QED) is 0.404. The first-order chi connectivity index (χ1) is 15.1. The van der Waals surface area contributed by atoms with Crippen LogP contribution in [-0.2, 0) is 10.0 Å². The molecule has 32 heavy (non-hydrogen) atoms. The van der Waals surface area contributed by atoms with Crippen molar-refractivity contribution in [3.63, 3.8) is 0 Å². The van der Waals surface area contributed by atoms with Crippen LogP contribution in [0.3, 0.4) is 0 Å². The third-order valence-corrected chi connectivity index (χ3v) is 6.26. The summed E-state index contributed by atoms with van der Waals surface area (Å²) in [6.07, 6.45) is 0. The smallest absolute Gasteiger partial charge is 0.271 e. The number of sulfonamides is 1. The summed E-state index contributed by atoms with van der Waals surface area (Å²) in [6, 6.07) is 14.5. The lowest BCUT2D eigenvalue weighted by Crippen LogP contribution is -2.16. The second kappa shape index (κ2) is 9.06. The highest BCUT2D eigenvalue weighted by Crippen LogP contribution is 2.31. The second-order valence-corrected chi connectivity index (χ2v) is 8.66. The molecular weight excluding hydrogens is 434 g/mol. The van der Waals surface area contributed by atoms with Gasteiger partial charge in [-0.2, -0.15) is 0 Å². The fraction of sp³-hybridized carbons (Fsp3) is 0.136. The third-order valence-electron chi connectivity index (χ3n) is 4.90. The maximum Gasteiger partial charge on any atom is 0.271 e. The van der Waals surface area contributed by atoms with E-state index in [-0.39, 0.29) is 27.6 Å². The van der Waals surface area contributed by atoms with E-state index in [2.05, 4.69) is 10.0 Å². The molecule has 10 heteroatoms. The van der Waals surface area contributed by atoms with Crippen LogP contribution >= 0.6 is 0 Å². The molecule has 2 N–H and O–H groups in total. The molecule has 0 spiro atoms. The van der Waals surface area contributed by atoms with Crippen molar-refractivity contribution in [1.82, 2.24) is 0 Å². The van der Waals surface area contributed by atoms with Crippen molar-refractivity contribution in [3.05, 3.63) is 87.5 Å². The van der Waals surface area contributed by atoms with E-state index in [0.717, 1.165) is 17.2 Å². The minimum atomic E-state index is -4.16. The van der Waals surface area contributed by atoms with Crippen LogP contribution in [-0.4, -0.2) is 26.4 Å². The molecule has 0 aliphatic carbocycles. The number of ether oxygens (including phenoxy) is 1. The van der Waals surface area contributed by atoms with Crippen LogP contribution in [0.1, 0.15) is 21.5 Å². The number of non-ortho nitro benzene ring substituents is 1. The van der Waals surface area contributed by atoms with Gasteiger partial charge >= 0.3 is 0 Å². The molecule has 0 atom stereocenters. The number of nitrogens with one attached hydrogen (secondary N) is 2. The van der Waals surface area contributed by atoms with E-state index in [0.29, 0.717) is 5.69 Å². The van der Waals surface area contributed by atoms with Gasteiger partial charge in [0.1, 0.15) is 5.75 Å².